The average Bonchev–Trinajstić information content (AvgIpc) is 2.87. The molecule has 0 unspecified atom stereocenters. The quantitative estimate of drug-likeness (QED) is 0.651. The zero-order valence-corrected chi connectivity index (χ0v) is 9.33. The van der Waals surface area contributed by atoms with Crippen molar-refractivity contribution in [3.8, 4) is 0 Å². The fourth-order valence-corrected chi connectivity index (χ4v) is 3.29. The molecule has 2 rings (SSSR count). The number of hydrogen-bond donors (Lipinski definition) is 1. The van der Waals surface area contributed by atoms with Crippen molar-refractivity contribution in [3.05, 3.63) is 27.1 Å². The van der Waals surface area contributed by atoms with Gasteiger partial charge in [0.05, 0.1) is 4.92 Å². The fourth-order valence-electron chi connectivity index (χ4n) is 2.23. The number of carboxylic acids is 1. The van der Waals surface area contributed by atoms with E-state index in [1.807, 2.05) is 0 Å². The monoisotopic (exact) mass is 241 g/mol. The van der Waals surface area contributed by atoms with Crippen LogP contribution in [0.2, 0.25) is 0 Å². The van der Waals surface area contributed by atoms with Crippen LogP contribution in [0.1, 0.15) is 30.6 Å². The summed E-state index contributed by atoms with van der Waals surface area (Å²) in [5.74, 6) is -0.859. The normalized spacial score (nSPS) is 18.5. The van der Waals surface area contributed by atoms with Crippen molar-refractivity contribution in [3.63, 3.8) is 0 Å². The Morgan fingerprint density at radius 2 is 2.06 bits per heavy atom. The maximum Gasteiger partial charge on any atom is 0.324 e. The minimum atomic E-state index is -0.876. The largest absolute Gasteiger partial charge is 0.481 e. The van der Waals surface area contributed by atoms with E-state index in [1.165, 1.54) is 6.07 Å². The third-order valence-electron chi connectivity index (χ3n) is 3.11. The summed E-state index contributed by atoms with van der Waals surface area (Å²) >= 11 is 0.986. The Bertz CT molecular complexity index is 434. The van der Waals surface area contributed by atoms with Crippen molar-refractivity contribution >= 4 is 22.3 Å². The van der Waals surface area contributed by atoms with Crippen LogP contribution in [0.4, 0.5) is 5.00 Å². The molecule has 0 spiro atoms. The van der Waals surface area contributed by atoms with E-state index >= 15 is 0 Å². The molecule has 1 fully saturated rings. The molecule has 0 radical (unpaired) electrons. The number of carbonyl (C=O) groups is 1. The predicted molar refractivity (Wildman–Crippen MR) is 58.8 cm³/mol. The van der Waals surface area contributed by atoms with Gasteiger partial charge in [0.15, 0.2) is 0 Å². The number of hydrogen-bond acceptors (Lipinski definition) is 4. The molecule has 16 heavy (non-hydrogen) atoms. The summed E-state index contributed by atoms with van der Waals surface area (Å²) in [6, 6.07) is 2.98. The number of nitro groups is 1. The van der Waals surface area contributed by atoms with Crippen LogP contribution in [-0.4, -0.2) is 16.0 Å². The first-order valence-electron chi connectivity index (χ1n) is 5.04. The lowest BCUT2D eigenvalue weighted by Crippen LogP contribution is -2.31. The molecule has 6 heteroatoms. The summed E-state index contributed by atoms with van der Waals surface area (Å²) in [5.41, 5.74) is -0.876. The standard InChI is InChI=1S/C10H11NO4S/c12-9(13)10(5-1-2-6-10)7-3-4-8(16-7)11(14)15/h3-4H,1-2,5-6H2,(H,12,13). The Labute approximate surface area is 95.9 Å². The van der Waals surface area contributed by atoms with Crippen LogP contribution >= 0.6 is 11.3 Å². The molecule has 1 aromatic heterocycles. The maximum atomic E-state index is 11.3. The minimum absolute atomic E-state index is 0.0162. The fraction of sp³-hybridized carbons (Fsp3) is 0.500. The molecule has 0 aliphatic heterocycles. The lowest BCUT2D eigenvalue weighted by molar-refractivity contribution is -0.380. The molecule has 5 nitrogen and oxygen atoms in total. The zero-order valence-electron chi connectivity index (χ0n) is 8.51. The average molecular weight is 241 g/mol. The Morgan fingerprint density at radius 1 is 1.44 bits per heavy atom. The van der Waals surface area contributed by atoms with Gasteiger partial charge < -0.3 is 5.11 Å². The highest BCUT2D eigenvalue weighted by Crippen LogP contribution is 2.45. The van der Waals surface area contributed by atoms with E-state index in [9.17, 15) is 20.0 Å². The van der Waals surface area contributed by atoms with Gasteiger partial charge in [0.1, 0.15) is 5.41 Å². The van der Waals surface area contributed by atoms with Crippen molar-refractivity contribution in [1.29, 1.82) is 0 Å². The molecule has 1 N–H and O–H groups in total. The molecule has 1 saturated carbocycles. The van der Waals surface area contributed by atoms with Gasteiger partial charge >= 0.3 is 11.0 Å². The topological polar surface area (TPSA) is 80.4 Å². The Morgan fingerprint density at radius 3 is 2.50 bits per heavy atom. The van der Waals surface area contributed by atoms with E-state index in [2.05, 4.69) is 0 Å². The van der Waals surface area contributed by atoms with E-state index in [0.717, 1.165) is 24.2 Å². The highest BCUT2D eigenvalue weighted by atomic mass is 32.1. The van der Waals surface area contributed by atoms with E-state index in [-0.39, 0.29) is 5.00 Å². The predicted octanol–water partition coefficient (Wildman–Crippen LogP) is 2.55. The summed E-state index contributed by atoms with van der Waals surface area (Å²) < 4.78 is 0. The molecular weight excluding hydrogens is 230 g/mol. The van der Waals surface area contributed by atoms with Gasteiger partial charge in [-0.25, -0.2) is 0 Å². The number of nitrogens with zero attached hydrogens (tertiary/aromatic N) is 1. The molecule has 0 aromatic carbocycles. The van der Waals surface area contributed by atoms with Crippen LogP contribution in [0.25, 0.3) is 0 Å². The van der Waals surface area contributed by atoms with Gasteiger partial charge in [-0.05, 0) is 18.9 Å². The zero-order chi connectivity index (χ0) is 11.8. The highest BCUT2D eigenvalue weighted by Gasteiger charge is 2.44. The molecular formula is C10H11NO4S. The van der Waals surface area contributed by atoms with E-state index in [4.69, 9.17) is 0 Å². The van der Waals surface area contributed by atoms with Gasteiger partial charge in [-0.15, -0.1) is 0 Å². The summed E-state index contributed by atoms with van der Waals surface area (Å²) in [4.78, 5) is 22.1. The van der Waals surface area contributed by atoms with Crippen LogP contribution in [0.3, 0.4) is 0 Å². The first-order chi connectivity index (χ1) is 7.56. The molecule has 0 bridgehead atoms. The third kappa shape index (κ3) is 1.59. The summed E-state index contributed by atoms with van der Waals surface area (Å²) in [7, 11) is 0. The number of carboxylic acid groups (broad SMARTS) is 1. The number of thiophene rings is 1. The van der Waals surface area contributed by atoms with Crippen molar-refractivity contribution < 1.29 is 14.8 Å². The van der Waals surface area contributed by atoms with Gasteiger partial charge in [-0.3, -0.25) is 14.9 Å². The minimum Gasteiger partial charge on any atom is -0.481 e. The smallest absolute Gasteiger partial charge is 0.324 e. The SMILES string of the molecule is O=C(O)C1(c2ccc([N+](=O)[O-])s2)CCCC1. The first kappa shape index (κ1) is 11.1. The van der Waals surface area contributed by atoms with Gasteiger partial charge in [0.25, 0.3) is 0 Å². The molecule has 0 amide bonds. The second-order valence-electron chi connectivity index (χ2n) is 3.99. The summed E-state index contributed by atoms with van der Waals surface area (Å²) in [6.45, 7) is 0. The molecule has 0 atom stereocenters. The maximum absolute atomic E-state index is 11.3. The summed E-state index contributed by atoms with van der Waals surface area (Å²) in [5, 5.41) is 19.9. The van der Waals surface area contributed by atoms with Gasteiger partial charge in [-0.1, -0.05) is 24.2 Å². The van der Waals surface area contributed by atoms with Crippen LogP contribution in [0, 0.1) is 10.1 Å². The first-order valence-corrected chi connectivity index (χ1v) is 5.86. The van der Waals surface area contributed by atoms with Gasteiger partial charge in [0.2, 0.25) is 0 Å². The van der Waals surface area contributed by atoms with Crippen LogP contribution in [0.5, 0.6) is 0 Å². The third-order valence-corrected chi connectivity index (χ3v) is 4.35. The van der Waals surface area contributed by atoms with Crippen LogP contribution in [-0.2, 0) is 10.2 Å². The second-order valence-corrected chi connectivity index (χ2v) is 5.05. The highest BCUT2D eigenvalue weighted by molar-refractivity contribution is 7.15. The second kappa shape index (κ2) is 3.86. The van der Waals surface area contributed by atoms with Crippen molar-refractivity contribution in [2.75, 3.05) is 0 Å². The number of aliphatic carboxylic acids is 1. The molecule has 1 aliphatic rings. The Kier molecular flexibility index (Phi) is 2.67. The van der Waals surface area contributed by atoms with Crippen molar-refractivity contribution in [2.24, 2.45) is 0 Å². The molecule has 1 aliphatic carbocycles. The van der Waals surface area contributed by atoms with E-state index < -0.39 is 16.3 Å². The molecule has 1 heterocycles. The summed E-state index contributed by atoms with van der Waals surface area (Å²) in [6.07, 6.45) is 2.91. The van der Waals surface area contributed by atoms with Gasteiger partial charge in [0, 0.05) is 10.9 Å². The lowest BCUT2D eigenvalue weighted by Gasteiger charge is -2.21. The van der Waals surface area contributed by atoms with Crippen molar-refractivity contribution in [1.82, 2.24) is 0 Å². The van der Waals surface area contributed by atoms with E-state index in [1.54, 1.807) is 6.07 Å². The molecule has 1 aromatic rings. The molecule has 0 saturated heterocycles. The van der Waals surface area contributed by atoms with Gasteiger partial charge in [-0.2, -0.15) is 0 Å². The van der Waals surface area contributed by atoms with Crippen LogP contribution in [0.15, 0.2) is 12.1 Å². The lowest BCUT2D eigenvalue weighted by atomic mass is 9.85. The molecule has 86 valence electrons. The Hall–Kier alpha value is -1.43. The van der Waals surface area contributed by atoms with E-state index in [0.29, 0.717) is 17.7 Å². The number of rotatable bonds is 3. The van der Waals surface area contributed by atoms with Crippen LogP contribution < -0.4 is 0 Å². The Balaban J connectivity index is 2.40. The van der Waals surface area contributed by atoms with Crippen molar-refractivity contribution in [2.45, 2.75) is 31.1 Å².